The number of hydrogen-bond donors (Lipinski definition) is 2. The molecule has 2 aromatic heterocycles. The highest BCUT2D eigenvalue weighted by atomic mass is 35.5. The summed E-state index contributed by atoms with van der Waals surface area (Å²) >= 11 is 0. The van der Waals surface area contributed by atoms with E-state index in [1.165, 1.54) is 0 Å². The van der Waals surface area contributed by atoms with Crippen molar-refractivity contribution in [1.29, 1.82) is 0 Å². The number of imidazole rings is 1. The predicted molar refractivity (Wildman–Crippen MR) is 97.6 cm³/mol. The first kappa shape index (κ1) is 20.4. The predicted octanol–water partition coefficient (Wildman–Crippen LogP) is 2.10. The van der Waals surface area contributed by atoms with Crippen molar-refractivity contribution < 1.29 is 4.79 Å². The molecule has 0 aliphatic heterocycles. The summed E-state index contributed by atoms with van der Waals surface area (Å²) in [5.74, 6) is 1.32. The van der Waals surface area contributed by atoms with E-state index in [0.29, 0.717) is 19.0 Å². The highest BCUT2D eigenvalue weighted by Crippen LogP contribution is 2.30. The number of pyridine rings is 1. The quantitative estimate of drug-likeness (QED) is 0.842. The molecule has 3 N–H and O–H groups in total. The maximum absolute atomic E-state index is 12.3. The van der Waals surface area contributed by atoms with Gasteiger partial charge in [0.25, 0.3) is 0 Å². The third-order valence-corrected chi connectivity index (χ3v) is 4.34. The van der Waals surface area contributed by atoms with Crippen LogP contribution in [0.1, 0.15) is 24.8 Å². The van der Waals surface area contributed by atoms with Gasteiger partial charge in [-0.25, -0.2) is 9.97 Å². The van der Waals surface area contributed by atoms with Gasteiger partial charge in [-0.05, 0) is 43.0 Å². The lowest BCUT2D eigenvalue weighted by molar-refractivity contribution is -0.126. The molecule has 132 valence electrons. The van der Waals surface area contributed by atoms with Crippen LogP contribution in [0.4, 0.5) is 0 Å². The summed E-state index contributed by atoms with van der Waals surface area (Å²) in [6, 6.07) is 3.87. The molecule has 0 unspecified atom stereocenters. The van der Waals surface area contributed by atoms with E-state index in [9.17, 15) is 4.79 Å². The second kappa shape index (κ2) is 9.61. The molecule has 2 heterocycles. The highest BCUT2D eigenvalue weighted by molar-refractivity contribution is 5.85. The molecule has 1 aliphatic carbocycles. The third-order valence-electron chi connectivity index (χ3n) is 4.34. The molecule has 6 nitrogen and oxygen atoms in total. The number of nitrogens with zero attached hydrogens (tertiary/aromatic N) is 3. The summed E-state index contributed by atoms with van der Waals surface area (Å²) < 4.78 is 1.84. The average molecular weight is 372 g/mol. The van der Waals surface area contributed by atoms with Crippen LogP contribution in [-0.2, 0) is 11.3 Å². The number of nitrogens with two attached hydrogens (primary N) is 1. The minimum Gasteiger partial charge on any atom is -0.352 e. The molecular formula is C16H23Cl2N5O. The lowest BCUT2D eigenvalue weighted by Gasteiger charge is -2.17. The van der Waals surface area contributed by atoms with E-state index in [1.54, 1.807) is 18.7 Å². The third kappa shape index (κ3) is 4.69. The van der Waals surface area contributed by atoms with Crippen LogP contribution in [0.5, 0.6) is 0 Å². The van der Waals surface area contributed by atoms with Gasteiger partial charge in [-0.3, -0.25) is 9.36 Å². The molecule has 1 aliphatic rings. The van der Waals surface area contributed by atoms with E-state index >= 15 is 0 Å². The number of carbonyl (C=O) groups excluding carboxylic acids is 1. The van der Waals surface area contributed by atoms with E-state index in [-0.39, 0.29) is 36.6 Å². The zero-order chi connectivity index (χ0) is 15.4. The van der Waals surface area contributed by atoms with Gasteiger partial charge in [0.15, 0.2) is 0 Å². The van der Waals surface area contributed by atoms with Gasteiger partial charge in [0.1, 0.15) is 12.1 Å². The largest absolute Gasteiger partial charge is 0.352 e. The Morgan fingerprint density at radius 3 is 2.88 bits per heavy atom. The molecule has 0 saturated heterocycles. The fraction of sp³-hybridized carbons (Fsp3) is 0.438. The van der Waals surface area contributed by atoms with Crippen LogP contribution in [0.25, 0.3) is 5.82 Å². The van der Waals surface area contributed by atoms with Crippen molar-refractivity contribution in [1.82, 2.24) is 19.9 Å². The number of aromatic nitrogens is 3. The van der Waals surface area contributed by atoms with Gasteiger partial charge in [0.2, 0.25) is 5.91 Å². The van der Waals surface area contributed by atoms with Crippen molar-refractivity contribution in [3.8, 4) is 5.82 Å². The Morgan fingerprint density at radius 1 is 1.33 bits per heavy atom. The Morgan fingerprint density at radius 2 is 2.17 bits per heavy atom. The Hall–Kier alpha value is -1.63. The lowest BCUT2D eigenvalue weighted by Crippen LogP contribution is -2.34. The Labute approximate surface area is 154 Å². The standard InChI is InChI=1S/C16H21N5O.2ClH/c17-9-13-2-1-3-14(13)16(22)20-10-12-4-5-19-15(8-12)21-7-6-18-11-21;;/h4-8,11,13-14H,1-3,9-10,17H2,(H,20,22);2*1H/t13-,14-;;/m1../s1. The van der Waals surface area contributed by atoms with Gasteiger partial charge in [-0.15, -0.1) is 24.8 Å². The van der Waals surface area contributed by atoms with Gasteiger partial charge < -0.3 is 11.1 Å². The van der Waals surface area contributed by atoms with Crippen molar-refractivity contribution in [3.05, 3.63) is 42.6 Å². The topological polar surface area (TPSA) is 85.8 Å². The van der Waals surface area contributed by atoms with E-state index in [1.807, 2.05) is 22.9 Å². The summed E-state index contributed by atoms with van der Waals surface area (Å²) in [4.78, 5) is 20.6. The van der Waals surface area contributed by atoms with Crippen LogP contribution in [0, 0.1) is 11.8 Å². The van der Waals surface area contributed by atoms with Crippen LogP contribution >= 0.6 is 24.8 Å². The zero-order valence-corrected chi connectivity index (χ0v) is 14.9. The molecule has 2 atom stereocenters. The number of rotatable bonds is 5. The van der Waals surface area contributed by atoms with Crippen LogP contribution in [-0.4, -0.2) is 27.0 Å². The fourth-order valence-electron chi connectivity index (χ4n) is 3.09. The van der Waals surface area contributed by atoms with Gasteiger partial charge >= 0.3 is 0 Å². The molecule has 8 heteroatoms. The van der Waals surface area contributed by atoms with E-state index in [4.69, 9.17) is 5.73 Å². The molecular weight excluding hydrogens is 349 g/mol. The molecule has 0 aromatic carbocycles. The van der Waals surface area contributed by atoms with Gasteiger partial charge in [-0.1, -0.05) is 6.42 Å². The second-order valence-electron chi connectivity index (χ2n) is 5.74. The zero-order valence-electron chi connectivity index (χ0n) is 13.3. The Kier molecular flexibility index (Phi) is 8.18. The Balaban J connectivity index is 0.00000144. The molecule has 1 fully saturated rings. The molecule has 24 heavy (non-hydrogen) atoms. The molecule has 0 spiro atoms. The molecule has 3 rings (SSSR count). The molecule has 0 bridgehead atoms. The highest BCUT2D eigenvalue weighted by Gasteiger charge is 2.31. The first-order chi connectivity index (χ1) is 10.8. The van der Waals surface area contributed by atoms with E-state index in [0.717, 1.165) is 30.6 Å². The first-order valence-corrected chi connectivity index (χ1v) is 7.69. The number of amides is 1. The maximum Gasteiger partial charge on any atom is 0.223 e. The van der Waals surface area contributed by atoms with Crippen molar-refractivity contribution in [2.24, 2.45) is 17.6 Å². The van der Waals surface area contributed by atoms with Crippen molar-refractivity contribution >= 4 is 30.7 Å². The normalized spacial score (nSPS) is 19.2. The van der Waals surface area contributed by atoms with Crippen molar-refractivity contribution in [2.45, 2.75) is 25.8 Å². The monoisotopic (exact) mass is 371 g/mol. The maximum atomic E-state index is 12.3. The first-order valence-electron chi connectivity index (χ1n) is 7.69. The van der Waals surface area contributed by atoms with Crippen LogP contribution in [0.2, 0.25) is 0 Å². The van der Waals surface area contributed by atoms with Crippen LogP contribution < -0.4 is 11.1 Å². The SMILES string of the molecule is Cl.Cl.NC[C@H]1CCC[C@H]1C(=O)NCc1ccnc(-n2ccnc2)c1. The fourth-order valence-corrected chi connectivity index (χ4v) is 3.09. The lowest BCUT2D eigenvalue weighted by atomic mass is 9.95. The van der Waals surface area contributed by atoms with Crippen LogP contribution in [0.3, 0.4) is 0 Å². The van der Waals surface area contributed by atoms with Crippen LogP contribution in [0.15, 0.2) is 37.1 Å². The summed E-state index contributed by atoms with van der Waals surface area (Å²) in [5.41, 5.74) is 6.77. The second-order valence-corrected chi connectivity index (χ2v) is 5.74. The molecule has 2 aromatic rings. The van der Waals surface area contributed by atoms with Gasteiger partial charge in [0, 0.05) is 31.1 Å². The van der Waals surface area contributed by atoms with Crippen molar-refractivity contribution in [2.75, 3.05) is 6.54 Å². The average Bonchev–Trinajstić information content (AvgIpc) is 3.23. The molecule has 0 radical (unpaired) electrons. The summed E-state index contributed by atoms with van der Waals surface area (Å²) in [6.45, 7) is 1.11. The summed E-state index contributed by atoms with van der Waals surface area (Å²) in [5, 5.41) is 3.03. The Bertz CT molecular complexity index is 635. The molecule has 1 amide bonds. The number of nitrogens with one attached hydrogen (secondary N) is 1. The number of carbonyl (C=O) groups is 1. The minimum atomic E-state index is 0. The van der Waals surface area contributed by atoms with Gasteiger partial charge in [-0.2, -0.15) is 0 Å². The summed E-state index contributed by atoms with van der Waals surface area (Å²) in [7, 11) is 0. The smallest absolute Gasteiger partial charge is 0.223 e. The summed E-state index contributed by atoms with van der Waals surface area (Å²) in [6.07, 6.45) is 10.1. The molecule has 1 saturated carbocycles. The van der Waals surface area contributed by atoms with E-state index in [2.05, 4.69) is 15.3 Å². The van der Waals surface area contributed by atoms with E-state index < -0.39 is 0 Å². The number of hydrogen-bond acceptors (Lipinski definition) is 4. The van der Waals surface area contributed by atoms with Crippen molar-refractivity contribution in [3.63, 3.8) is 0 Å². The number of halogens is 2. The van der Waals surface area contributed by atoms with Gasteiger partial charge in [0.05, 0.1) is 0 Å². The minimum absolute atomic E-state index is 0.